The lowest BCUT2D eigenvalue weighted by Crippen LogP contribution is -2.53. The third-order valence-electron chi connectivity index (χ3n) is 7.69. The molecule has 1 saturated heterocycles. The summed E-state index contributed by atoms with van der Waals surface area (Å²) in [5.74, 6) is -1.43. The fraction of sp³-hybridized carbons (Fsp3) is 0.444. The molecule has 0 spiro atoms. The average molecular weight is 479 g/mol. The molecule has 0 bridgehead atoms. The van der Waals surface area contributed by atoms with E-state index in [1.165, 1.54) is 11.1 Å². The van der Waals surface area contributed by atoms with Gasteiger partial charge < -0.3 is 25.2 Å². The minimum Gasteiger partial charge on any atom is -0.479 e. The predicted molar refractivity (Wildman–Crippen MR) is 128 cm³/mol. The summed E-state index contributed by atoms with van der Waals surface area (Å²) in [6, 6.07) is 16.3. The highest BCUT2D eigenvalue weighted by atomic mass is 16.5. The first kappa shape index (κ1) is 23.4. The maximum absolute atomic E-state index is 12.9. The molecule has 5 rings (SSSR count). The van der Waals surface area contributed by atoms with Crippen molar-refractivity contribution in [3.63, 3.8) is 0 Å². The van der Waals surface area contributed by atoms with Crippen LogP contribution < -0.4 is 10.6 Å². The first-order valence-electron chi connectivity index (χ1n) is 12.2. The number of rotatable bonds is 8. The molecule has 2 amide bonds. The lowest BCUT2D eigenvalue weighted by molar-refractivity contribution is -0.149. The van der Waals surface area contributed by atoms with E-state index in [0.717, 1.165) is 17.5 Å². The fourth-order valence-electron chi connectivity index (χ4n) is 5.51. The predicted octanol–water partition coefficient (Wildman–Crippen LogP) is 3.30. The number of carbonyl (C=O) groups excluding carboxylic acids is 2. The summed E-state index contributed by atoms with van der Waals surface area (Å²) < 4.78 is 10.9. The van der Waals surface area contributed by atoms with E-state index in [4.69, 9.17) is 9.47 Å². The van der Waals surface area contributed by atoms with Crippen LogP contribution in [0, 0.1) is 11.3 Å². The molecule has 0 unspecified atom stereocenters. The number of amides is 2. The third kappa shape index (κ3) is 4.50. The van der Waals surface area contributed by atoms with Crippen molar-refractivity contribution in [2.24, 2.45) is 11.3 Å². The van der Waals surface area contributed by atoms with Crippen LogP contribution in [0.25, 0.3) is 11.1 Å². The Morgan fingerprint density at radius 3 is 2.26 bits per heavy atom. The van der Waals surface area contributed by atoms with Gasteiger partial charge in [0.2, 0.25) is 5.91 Å². The quantitative estimate of drug-likeness (QED) is 0.537. The minimum absolute atomic E-state index is 0.0232. The van der Waals surface area contributed by atoms with Crippen LogP contribution in [0.2, 0.25) is 0 Å². The smallest absolute Gasteiger partial charge is 0.407 e. The summed E-state index contributed by atoms with van der Waals surface area (Å²) in [5.41, 5.74) is 3.95. The number of fused-ring (bicyclic) bond motifs is 3. The zero-order valence-corrected chi connectivity index (χ0v) is 19.5. The van der Waals surface area contributed by atoms with Gasteiger partial charge in [-0.1, -0.05) is 55.0 Å². The average Bonchev–Trinajstić information content (AvgIpc) is 3.44. The van der Waals surface area contributed by atoms with Gasteiger partial charge in [0, 0.05) is 31.5 Å². The molecule has 35 heavy (non-hydrogen) atoms. The summed E-state index contributed by atoms with van der Waals surface area (Å²) in [7, 11) is 0. The van der Waals surface area contributed by atoms with Gasteiger partial charge in [0.25, 0.3) is 0 Å². The van der Waals surface area contributed by atoms with Gasteiger partial charge in [-0.3, -0.25) is 4.79 Å². The standard InChI is InChI=1S/C27H30N2O6/c30-24(31)23-17(10-13-34-23)14-28-25(32)27(11-5-12-27)16-29-26(33)35-15-22-20-8-3-1-6-18(20)19-7-2-4-9-21(19)22/h1-4,6-9,17,22-23H,5,10-16H2,(H,28,32)(H,29,33)(H,30,31)/t17-,23-/m0/s1. The molecule has 0 aromatic heterocycles. The van der Waals surface area contributed by atoms with E-state index in [1.807, 2.05) is 24.3 Å². The summed E-state index contributed by atoms with van der Waals surface area (Å²) in [5, 5.41) is 14.9. The van der Waals surface area contributed by atoms with Gasteiger partial charge in [-0.05, 0) is 41.5 Å². The Hall–Kier alpha value is -3.39. The Balaban J connectivity index is 1.14. The second-order valence-electron chi connectivity index (χ2n) is 9.70. The zero-order chi connectivity index (χ0) is 24.4. The van der Waals surface area contributed by atoms with Gasteiger partial charge in [-0.15, -0.1) is 0 Å². The number of carboxylic acid groups (broad SMARTS) is 1. The molecule has 0 radical (unpaired) electrons. The van der Waals surface area contributed by atoms with Crippen LogP contribution in [-0.2, 0) is 19.1 Å². The van der Waals surface area contributed by atoms with Crippen LogP contribution in [0.3, 0.4) is 0 Å². The minimum atomic E-state index is -1.00. The fourth-order valence-corrected chi connectivity index (χ4v) is 5.51. The van der Waals surface area contributed by atoms with Crippen LogP contribution >= 0.6 is 0 Å². The summed E-state index contributed by atoms with van der Waals surface area (Å²) in [6.45, 7) is 1.05. The first-order chi connectivity index (χ1) is 17.0. The van der Waals surface area contributed by atoms with Crippen molar-refractivity contribution in [2.75, 3.05) is 26.3 Å². The van der Waals surface area contributed by atoms with Crippen LogP contribution in [0.1, 0.15) is 42.7 Å². The number of benzene rings is 2. The summed E-state index contributed by atoms with van der Waals surface area (Å²) >= 11 is 0. The van der Waals surface area contributed by atoms with Gasteiger partial charge in [0.1, 0.15) is 6.61 Å². The molecular weight excluding hydrogens is 448 g/mol. The number of aliphatic carboxylic acids is 1. The molecule has 2 aromatic rings. The Kier molecular flexibility index (Phi) is 6.47. The SMILES string of the molecule is O=C(NCC1(C(=O)NC[C@@H]2CCO[C@@H]2C(=O)O)CCC1)OCC1c2ccccc2-c2ccccc21. The number of hydrogen-bond acceptors (Lipinski definition) is 5. The van der Waals surface area contributed by atoms with E-state index in [2.05, 4.69) is 34.9 Å². The van der Waals surface area contributed by atoms with Crippen LogP contribution in [0.4, 0.5) is 4.79 Å². The van der Waals surface area contributed by atoms with Crippen LogP contribution in [0.15, 0.2) is 48.5 Å². The lowest BCUT2D eigenvalue weighted by atomic mass is 9.68. The summed E-state index contributed by atoms with van der Waals surface area (Å²) in [6.07, 6.45) is 1.43. The second kappa shape index (κ2) is 9.70. The van der Waals surface area contributed by atoms with E-state index >= 15 is 0 Å². The molecule has 2 aliphatic carbocycles. The van der Waals surface area contributed by atoms with Gasteiger partial charge in [-0.25, -0.2) is 9.59 Å². The maximum atomic E-state index is 12.9. The van der Waals surface area contributed by atoms with E-state index in [0.29, 0.717) is 25.9 Å². The van der Waals surface area contributed by atoms with Crippen molar-refractivity contribution >= 4 is 18.0 Å². The van der Waals surface area contributed by atoms with Gasteiger partial charge in [0.15, 0.2) is 6.10 Å². The monoisotopic (exact) mass is 478 g/mol. The van der Waals surface area contributed by atoms with Crippen molar-refractivity contribution in [1.82, 2.24) is 10.6 Å². The topological polar surface area (TPSA) is 114 Å². The number of carboxylic acids is 1. The number of hydrogen-bond donors (Lipinski definition) is 3. The molecule has 8 nitrogen and oxygen atoms in total. The highest BCUT2D eigenvalue weighted by molar-refractivity contribution is 5.84. The van der Waals surface area contributed by atoms with Gasteiger partial charge in [0.05, 0.1) is 5.41 Å². The molecule has 1 heterocycles. The van der Waals surface area contributed by atoms with Crippen molar-refractivity contribution in [2.45, 2.75) is 37.7 Å². The third-order valence-corrected chi connectivity index (χ3v) is 7.69. The largest absolute Gasteiger partial charge is 0.479 e. The zero-order valence-electron chi connectivity index (χ0n) is 19.5. The molecule has 8 heteroatoms. The molecule has 2 fully saturated rings. The Morgan fingerprint density at radius 2 is 1.66 bits per heavy atom. The number of ether oxygens (including phenoxy) is 2. The van der Waals surface area contributed by atoms with Crippen molar-refractivity contribution in [3.8, 4) is 11.1 Å². The number of alkyl carbamates (subject to hydrolysis) is 1. The second-order valence-corrected chi connectivity index (χ2v) is 9.70. The summed E-state index contributed by atoms with van der Waals surface area (Å²) in [4.78, 5) is 36.8. The van der Waals surface area contributed by atoms with Crippen molar-refractivity contribution < 1.29 is 29.0 Å². The van der Waals surface area contributed by atoms with E-state index in [-0.39, 0.29) is 37.4 Å². The molecule has 3 N–H and O–H groups in total. The Morgan fingerprint density at radius 1 is 1.00 bits per heavy atom. The van der Waals surface area contributed by atoms with Crippen LogP contribution in [-0.4, -0.2) is 55.5 Å². The number of carbonyl (C=O) groups is 3. The number of nitrogens with one attached hydrogen (secondary N) is 2. The first-order valence-corrected chi connectivity index (χ1v) is 12.2. The van der Waals surface area contributed by atoms with Crippen LogP contribution in [0.5, 0.6) is 0 Å². The molecule has 3 aliphatic rings. The molecule has 1 aliphatic heterocycles. The van der Waals surface area contributed by atoms with E-state index in [9.17, 15) is 19.5 Å². The molecule has 1 saturated carbocycles. The Bertz CT molecular complexity index is 1080. The molecule has 2 aromatic carbocycles. The van der Waals surface area contributed by atoms with E-state index < -0.39 is 23.6 Å². The highest BCUT2D eigenvalue weighted by Gasteiger charge is 2.45. The molecule has 2 atom stereocenters. The van der Waals surface area contributed by atoms with Crippen molar-refractivity contribution in [1.29, 1.82) is 0 Å². The van der Waals surface area contributed by atoms with Crippen molar-refractivity contribution in [3.05, 3.63) is 59.7 Å². The van der Waals surface area contributed by atoms with E-state index in [1.54, 1.807) is 0 Å². The highest BCUT2D eigenvalue weighted by Crippen LogP contribution is 2.44. The van der Waals surface area contributed by atoms with Gasteiger partial charge >= 0.3 is 12.1 Å². The van der Waals surface area contributed by atoms with Gasteiger partial charge in [-0.2, -0.15) is 0 Å². The maximum Gasteiger partial charge on any atom is 0.407 e. The molecule has 184 valence electrons. The lowest BCUT2D eigenvalue weighted by Gasteiger charge is -2.40. The normalized spacial score (nSPS) is 21.9. The Labute approximate surface area is 204 Å². The molecular formula is C27H30N2O6.